The third-order valence-electron chi connectivity index (χ3n) is 3.72. The second kappa shape index (κ2) is 7.42. The van der Waals surface area contributed by atoms with Gasteiger partial charge in [-0.1, -0.05) is 6.07 Å². The van der Waals surface area contributed by atoms with E-state index in [-0.39, 0.29) is 6.10 Å². The lowest BCUT2D eigenvalue weighted by Crippen LogP contribution is -2.20. The summed E-state index contributed by atoms with van der Waals surface area (Å²) in [6.45, 7) is 3.89. The van der Waals surface area contributed by atoms with Crippen LogP contribution in [0.1, 0.15) is 19.4 Å². The number of benzene rings is 2. The fourth-order valence-corrected chi connectivity index (χ4v) is 2.81. The molecule has 26 heavy (non-hydrogen) atoms. The predicted octanol–water partition coefficient (Wildman–Crippen LogP) is 4.04. The molecule has 7 heteroatoms. The molecule has 0 radical (unpaired) electrons. The maximum Gasteiger partial charge on any atom is 0.175 e. The fourth-order valence-electron chi connectivity index (χ4n) is 2.59. The minimum Gasteiger partial charge on any atom is -0.489 e. The van der Waals surface area contributed by atoms with Crippen LogP contribution in [0.25, 0.3) is 11.0 Å². The van der Waals surface area contributed by atoms with Gasteiger partial charge in [-0.25, -0.2) is 4.98 Å². The number of nitrogens with zero attached hydrogens (tertiary/aromatic N) is 3. The summed E-state index contributed by atoms with van der Waals surface area (Å²) in [5.74, 6) is 0.638. The number of fused-ring (bicyclic) bond motifs is 1. The standard InChI is InChI=1S/C19H19N5OS/c1-12(2)25-17-8-7-13(10-20)9-15(17)23-19(26)22-14-5-4-6-16-18(14)21-11-24(16)3/h4-9,11-12H,1-3H3,(H2,22,23,26). The van der Waals surface area contributed by atoms with E-state index in [2.05, 4.69) is 21.7 Å². The zero-order valence-electron chi connectivity index (χ0n) is 14.8. The van der Waals surface area contributed by atoms with E-state index >= 15 is 0 Å². The van der Waals surface area contributed by atoms with Crippen molar-refractivity contribution in [3.63, 3.8) is 0 Å². The van der Waals surface area contributed by atoms with Gasteiger partial charge in [0.15, 0.2) is 5.11 Å². The highest BCUT2D eigenvalue weighted by Gasteiger charge is 2.11. The Morgan fingerprint density at radius 1 is 1.23 bits per heavy atom. The molecule has 0 amide bonds. The summed E-state index contributed by atoms with van der Waals surface area (Å²) in [6, 6.07) is 13.2. The maximum atomic E-state index is 9.15. The van der Waals surface area contributed by atoms with Crippen molar-refractivity contribution in [2.24, 2.45) is 7.05 Å². The van der Waals surface area contributed by atoms with Crippen LogP contribution in [-0.2, 0) is 7.05 Å². The van der Waals surface area contributed by atoms with E-state index in [1.807, 2.05) is 43.7 Å². The molecule has 0 bridgehead atoms. The number of imidazole rings is 1. The molecule has 2 aromatic carbocycles. The smallest absolute Gasteiger partial charge is 0.175 e. The van der Waals surface area contributed by atoms with Crippen molar-refractivity contribution in [2.45, 2.75) is 20.0 Å². The Kier molecular flexibility index (Phi) is 5.05. The quantitative estimate of drug-likeness (QED) is 0.680. The predicted molar refractivity (Wildman–Crippen MR) is 107 cm³/mol. The lowest BCUT2D eigenvalue weighted by atomic mass is 10.2. The summed E-state index contributed by atoms with van der Waals surface area (Å²) in [5.41, 5.74) is 3.82. The van der Waals surface area contributed by atoms with Crippen LogP contribution in [0.3, 0.4) is 0 Å². The second-order valence-electron chi connectivity index (χ2n) is 6.10. The average Bonchev–Trinajstić information content (AvgIpc) is 2.98. The van der Waals surface area contributed by atoms with E-state index < -0.39 is 0 Å². The van der Waals surface area contributed by atoms with Crippen LogP contribution in [0.5, 0.6) is 5.75 Å². The summed E-state index contributed by atoms with van der Waals surface area (Å²) >= 11 is 5.45. The first-order valence-corrected chi connectivity index (χ1v) is 8.57. The van der Waals surface area contributed by atoms with E-state index in [1.54, 1.807) is 24.5 Å². The van der Waals surface area contributed by atoms with Crippen molar-refractivity contribution < 1.29 is 4.74 Å². The van der Waals surface area contributed by atoms with Crippen molar-refractivity contribution in [1.82, 2.24) is 9.55 Å². The largest absolute Gasteiger partial charge is 0.489 e. The molecule has 0 unspecified atom stereocenters. The normalized spacial score (nSPS) is 10.6. The van der Waals surface area contributed by atoms with E-state index in [9.17, 15) is 0 Å². The zero-order valence-corrected chi connectivity index (χ0v) is 15.6. The fraction of sp³-hybridized carbons (Fsp3) is 0.211. The number of nitriles is 1. The van der Waals surface area contributed by atoms with Crippen LogP contribution in [-0.4, -0.2) is 20.8 Å². The lowest BCUT2D eigenvalue weighted by molar-refractivity contribution is 0.244. The third kappa shape index (κ3) is 3.76. The van der Waals surface area contributed by atoms with Crippen LogP contribution in [0.15, 0.2) is 42.7 Å². The highest BCUT2D eigenvalue weighted by molar-refractivity contribution is 7.80. The molecule has 2 N–H and O–H groups in total. The lowest BCUT2D eigenvalue weighted by Gasteiger charge is -2.17. The molecule has 6 nitrogen and oxygen atoms in total. The van der Waals surface area contributed by atoms with Crippen molar-refractivity contribution in [3.05, 3.63) is 48.3 Å². The first kappa shape index (κ1) is 17.7. The van der Waals surface area contributed by atoms with E-state index in [0.29, 0.717) is 22.1 Å². The molecule has 0 aliphatic rings. The molecule has 3 aromatic rings. The average molecular weight is 365 g/mol. The first-order chi connectivity index (χ1) is 12.5. The van der Waals surface area contributed by atoms with Gasteiger partial charge >= 0.3 is 0 Å². The number of hydrogen-bond acceptors (Lipinski definition) is 4. The Morgan fingerprint density at radius 2 is 2.00 bits per heavy atom. The number of aromatic nitrogens is 2. The van der Waals surface area contributed by atoms with Crippen molar-refractivity contribution in [2.75, 3.05) is 10.6 Å². The second-order valence-corrected chi connectivity index (χ2v) is 6.51. The Hall–Kier alpha value is -3.11. The summed E-state index contributed by atoms with van der Waals surface area (Å²) in [7, 11) is 1.94. The van der Waals surface area contributed by atoms with Gasteiger partial charge in [0.2, 0.25) is 0 Å². The van der Waals surface area contributed by atoms with Gasteiger partial charge in [-0.05, 0) is 56.4 Å². The van der Waals surface area contributed by atoms with Crippen LogP contribution in [0, 0.1) is 11.3 Å². The van der Waals surface area contributed by atoms with Crippen LogP contribution < -0.4 is 15.4 Å². The zero-order chi connectivity index (χ0) is 18.7. The summed E-state index contributed by atoms with van der Waals surface area (Å²) in [5, 5.41) is 15.8. The number of thiocarbonyl (C=S) groups is 1. The van der Waals surface area contributed by atoms with Crippen LogP contribution in [0.4, 0.5) is 11.4 Å². The molecule has 0 spiro atoms. The van der Waals surface area contributed by atoms with Gasteiger partial charge in [0.1, 0.15) is 11.3 Å². The van der Waals surface area contributed by atoms with Gasteiger partial charge in [0.05, 0.1) is 41.0 Å². The van der Waals surface area contributed by atoms with Crippen molar-refractivity contribution in [1.29, 1.82) is 5.26 Å². The highest BCUT2D eigenvalue weighted by Crippen LogP contribution is 2.27. The van der Waals surface area contributed by atoms with Crippen LogP contribution in [0.2, 0.25) is 0 Å². The van der Waals surface area contributed by atoms with Gasteiger partial charge in [0, 0.05) is 7.05 Å². The molecule has 0 aliphatic heterocycles. The molecule has 0 saturated heterocycles. The Balaban J connectivity index is 1.84. The molecular weight excluding hydrogens is 346 g/mol. The van der Waals surface area contributed by atoms with Gasteiger partial charge < -0.3 is 19.9 Å². The summed E-state index contributed by atoms with van der Waals surface area (Å²) in [4.78, 5) is 4.41. The molecule has 0 fully saturated rings. The summed E-state index contributed by atoms with van der Waals surface area (Å²) in [6.07, 6.45) is 1.77. The van der Waals surface area contributed by atoms with Gasteiger partial charge in [0.25, 0.3) is 0 Å². The van der Waals surface area contributed by atoms with Crippen molar-refractivity contribution >= 4 is 39.7 Å². The Morgan fingerprint density at radius 3 is 2.73 bits per heavy atom. The number of aryl methyl sites for hydroxylation is 1. The first-order valence-electron chi connectivity index (χ1n) is 8.17. The number of anilines is 2. The Bertz CT molecular complexity index is 1000. The molecule has 0 saturated carbocycles. The molecule has 3 rings (SSSR count). The number of ether oxygens (including phenoxy) is 1. The highest BCUT2D eigenvalue weighted by atomic mass is 32.1. The van der Waals surface area contributed by atoms with E-state index in [4.69, 9.17) is 22.2 Å². The van der Waals surface area contributed by atoms with Gasteiger partial charge in [-0.3, -0.25) is 0 Å². The minimum atomic E-state index is 0.00674. The molecule has 0 aliphatic carbocycles. The monoisotopic (exact) mass is 365 g/mol. The molecular formula is C19H19N5OS. The van der Waals surface area contributed by atoms with Crippen LogP contribution >= 0.6 is 12.2 Å². The topological polar surface area (TPSA) is 74.9 Å². The molecule has 0 atom stereocenters. The molecule has 1 aromatic heterocycles. The van der Waals surface area contributed by atoms with Gasteiger partial charge in [-0.15, -0.1) is 0 Å². The molecule has 1 heterocycles. The number of para-hydroxylation sites is 1. The number of nitrogens with one attached hydrogen (secondary N) is 2. The third-order valence-corrected chi connectivity index (χ3v) is 3.93. The maximum absolute atomic E-state index is 9.15. The SMILES string of the molecule is CC(C)Oc1ccc(C#N)cc1NC(=S)Nc1cccc2c1ncn2C. The summed E-state index contributed by atoms with van der Waals surface area (Å²) < 4.78 is 7.74. The number of rotatable bonds is 4. The van der Waals surface area contributed by atoms with Gasteiger partial charge in [-0.2, -0.15) is 5.26 Å². The van der Waals surface area contributed by atoms with E-state index in [0.717, 1.165) is 16.7 Å². The number of hydrogen-bond donors (Lipinski definition) is 2. The van der Waals surface area contributed by atoms with Crippen molar-refractivity contribution in [3.8, 4) is 11.8 Å². The minimum absolute atomic E-state index is 0.00674. The molecule has 132 valence electrons. The Labute approximate surface area is 157 Å². The van der Waals surface area contributed by atoms with E-state index in [1.165, 1.54) is 0 Å².